The Morgan fingerprint density at radius 1 is 1.09 bits per heavy atom. The van der Waals surface area contributed by atoms with Crippen molar-refractivity contribution >= 4 is 28.9 Å². The Balaban J connectivity index is 0.000000331. The summed E-state index contributed by atoms with van der Waals surface area (Å²) in [6.45, 7) is 0.379. The first-order chi connectivity index (χ1) is 15.2. The van der Waals surface area contributed by atoms with E-state index in [2.05, 4.69) is 10.2 Å². The van der Waals surface area contributed by atoms with Gasteiger partial charge in [0, 0.05) is 6.20 Å². The Bertz CT molecular complexity index is 1030. The van der Waals surface area contributed by atoms with Gasteiger partial charge in [-0.15, -0.1) is 0 Å². The van der Waals surface area contributed by atoms with E-state index < -0.39 is 43.7 Å². The monoisotopic (exact) mass is 464 g/mol. The zero-order valence-corrected chi connectivity index (χ0v) is 17.7. The molecule has 1 unspecified atom stereocenters. The molecule has 0 radical (unpaired) electrons. The number of nitro groups is 3. The van der Waals surface area contributed by atoms with Crippen LogP contribution in [0.1, 0.15) is 5.69 Å². The molecular formula is C18H20N6O9. The summed E-state index contributed by atoms with van der Waals surface area (Å²) in [5, 5.41) is 59.3. The number of aliphatic hydroxyl groups excluding tert-OH is 1. The molecule has 1 heterocycles. The van der Waals surface area contributed by atoms with E-state index in [1.165, 1.54) is 6.08 Å². The van der Waals surface area contributed by atoms with Gasteiger partial charge in [-0.25, -0.2) is 0 Å². The maximum atomic E-state index is 11.6. The average Bonchev–Trinajstić information content (AvgIpc) is 2.71. The summed E-state index contributed by atoms with van der Waals surface area (Å²) in [5.41, 5.74) is -2.67. The number of hydrogen-bond donors (Lipinski definition) is 1. The van der Waals surface area contributed by atoms with Crippen LogP contribution >= 0.6 is 0 Å². The number of nitro benzene ring substituents is 3. The van der Waals surface area contributed by atoms with Crippen molar-refractivity contribution in [1.29, 1.82) is 0 Å². The van der Waals surface area contributed by atoms with E-state index in [1.807, 2.05) is 21.1 Å². The van der Waals surface area contributed by atoms with Crippen LogP contribution in [0.25, 0.3) is 6.08 Å². The van der Waals surface area contributed by atoms with Crippen LogP contribution in [0.3, 0.4) is 0 Å². The van der Waals surface area contributed by atoms with Crippen LogP contribution in [0.4, 0.5) is 17.1 Å². The number of carbonyl (C=O) groups is 1. The molecule has 2 aromatic rings. The van der Waals surface area contributed by atoms with E-state index in [0.29, 0.717) is 28.9 Å². The second kappa shape index (κ2) is 11.3. The van der Waals surface area contributed by atoms with Gasteiger partial charge in [0.2, 0.25) is 0 Å². The number of benzene rings is 1. The SMILES string of the molecule is C[N+](C)(C)CC(O)C(=O)/C=C/c1cccnn1.O=[N+]([O-])c1cc([N+](=O)[O-])c([O-])c([N+](=O)[O-])c1. The van der Waals surface area contributed by atoms with Gasteiger partial charge in [0.05, 0.1) is 59.5 Å². The Labute approximate surface area is 186 Å². The predicted molar refractivity (Wildman–Crippen MR) is 111 cm³/mol. The molecule has 0 amide bonds. The van der Waals surface area contributed by atoms with Crippen LogP contribution in [-0.2, 0) is 4.79 Å². The number of nitrogens with zero attached hydrogens (tertiary/aromatic N) is 6. The minimum Gasteiger partial charge on any atom is -0.863 e. The van der Waals surface area contributed by atoms with Crippen molar-refractivity contribution < 1.29 is 34.3 Å². The second-order valence-corrected chi connectivity index (χ2v) is 7.46. The molecule has 2 rings (SSSR count). The molecule has 0 fully saturated rings. The lowest BCUT2D eigenvalue weighted by Crippen LogP contribution is -2.43. The first-order valence-electron chi connectivity index (χ1n) is 8.99. The van der Waals surface area contributed by atoms with E-state index >= 15 is 0 Å². The fraction of sp³-hybridized carbons (Fsp3) is 0.278. The molecule has 0 aliphatic heterocycles. The molecule has 0 saturated carbocycles. The maximum absolute atomic E-state index is 11.6. The van der Waals surface area contributed by atoms with E-state index in [-0.39, 0.29) is 5.78 Å². The number of aromatic nitrogens is 2. The lowest BCUT2D eigenvalue weighted by molar-refractivity contribution is -0.872. The Morgan fingerprint density at radius 2 is 1.64 bits per heavy atom. The normalized spacial score (nSPS) is 11.9. The van der Waals surface area contributed by atoms with Gasteiger partial charge >= 0.3 is 0 Å². The predicted octanol–water partition coefficient (Wildman–Crippen LogP) is 0.611. The third-order valence-electron chi connectivity index (χ3n) is 3.70. The van der Waals surface area contributed by atoms with Gasteiger partial charge in [-0.3, -0.25) is 35.1 Å². The summed E-state index contributed by atoms with van der Waals surface area (Å²) >= 11 is 0. The number of aliphatic hydroxyl groups is 1. The molecule has 1 atom stereocenters. The molecule has 1 aromatic carbocycles. The molecule has 0 bridgehead atoms. The van der Waals surface area contributed by atoms with Gasteiger partial charge < -0.3 is 14.7 Å². The van der Waals surface area contributed by atoms with Crippen LogP contribution in [0.5, 0.6) is 5.75 Å². The first kappa shape index (κ1) is 26.7. The van der Waals surface area contributed by atoms with E-state index in [4.69, 9.17) is 0 Å². The fourth-order valence-electron chi connectivity index (χ4n) is 2.25. The quantitative estimate of drug-likeness (QED) is 0.247. The third-order valence-corrected chi connectivity index (χ3v) is 3.70. The van der Waals surface area contributed by atoms with Crippen LogP contribution in [0.15, 0.2) is 36.5 Å². The second-order valence-electron chi connectivity index (χ2n) is 7.46. The maximum Gasteiger partial charge on any atom is 0.283 e. The van der Waals surface area contributed by atoms with Crippen molar-refractivity contribution in [1.82, 2.24) is 10.2 Å². The lowest BCUT2D eigenvalue weighted by atomic mass is 10.2. The Kier molecular flexibility index (Phi) is 9.14. The van der Waals surface area contributed by atoms with E-state index in [1.54, 1.807) is 24.4 Å². The summed E-state index contributed by atoms with van der Waals surface area (Å²) in [6, 6.07) is 4.24. The van der Waals surface area contributed by atoms with Crippen LogP contribution in [0, 0.1) is 30.3 Å². The summed E-state index contributed by atoms with van der Waals surface area (Å²) in [4.78, 5) is 39.1. The van der Waals surface area contributed by atoms with Crippen LogP contribution in [-0.4, -0.2) is 74.1 Å². The number of quaternary nitrogens is 1. The zero-order chi connectivity index (χ0) is 25.3. The number of rotatable bonds is 8. The summed E-state index contributed by atoms with van der Waals surface area (Å²) in [6.07, 6.45) is 3.46. The van der Waals surface area contributed by atoms with Crippen molar-refractivity contribution in [3.05, 3.63) is 72.6 Å². The topological polar surface area (TPSA) is 216 Å². The van der Waals surface area contributed by atoms with Crippen LogP contribution in [0.2, 0.25) is 0 Å². The number of ketones is 1. The number of hydrogen-bond acceptors (Lipinski definition) is 11. The third kappa shape index (κ3) is 8.72. The molecule has 0 saturated heterocycles. The number of carbonyl (C=O) groups excluding carboxylic acids is 1. The largest absolute Gasteiger partial charge is 0.863 e. The highest BCUT2D eigenvalue weighted by molar-refractivity contribution is 5.96. The average molecular weight is 464 g/mol. The van der Waals surface area contributed by atoms with Crippen LogP contribution < -0.4 is 5.11 Å². The van der Waals surface area contributed by atoms with Gasteiger partial charge in [0.15, 0.2) is 11.9 Å². The van der Waals surface area contributed by atoms with Gasteiger partial charge in [0.1, 0.15) is 6.54 Å². The van der Waals surface area contributed by atoms with Crippen molar-refractivity contribution in [2.24, 2.45) is 0 Å². The summed E-state index contributed by atoms with van der Waals surface area (Å²) in [5.74, 6) is -1.77. The fourth-order valence-corrected chi connectivity index (χ4v) is 2.25. The Hall–Kier alpha value is -4.37. The van der Waals surface area contributed by atoms with Crippen molar-refractivity contribution in [3.8, 4) is 5.75 Å². The smallest absolute Gasteiger partial charge is 0.283 e. The molecular weight excluding hydrogens is 444 g/mol. The highest BCUT2D eigenvalue weighted by atomic mass is 16.6. The summed E-state index contributed by atoms with van der Waals surface area (Å²) < 4.78 is 0.534. The Morgan fingerprint density at radius 3 is 2.03 bits per heavy atom. The van der Waals surface area contributed by atoms with Gasteiger partial charge in [-0.05, 0) is 24.3 Å². The minimum absolute atomic E-state index is 0.316. The van der Waals surface area contributed by atoms with Gasteiger partial charge in [-0.1, -0.05) is 0 Å². The van der Waals surface area contributed by atoms with Crippen molar-refractivity contribution in [3.63, 3.8) is 0 Å². The highest BCUT2D eigenvalue weighted by Crippen LogP contribution is 2.36. The molecule has 0 aliphatic carbocycles. The van der Waals surface area contributed by atoms with Gasteiger partial charge in [0.25, 0.3) is 17.1 Å². The molecule has 33 heavy (non-hydrogen) atoms. The first-order valence-corrected chi connectivity index (χ1v) is 8.99. The minimum atomic E-state index is -1.46. The lowest BCUT2D eigenvalue weighted by Gasteiger charge is -2.25. The van der Waals surface area contributed by atoms with Crippen molar-refractivity contribution in [2.45, 2.75) is 6.10 Å². The number of likely N-dealkylation sites (N-methyl/N-ethyl adjacent to an activating group) is 1. The molecule has 15 nitrogen and oxygen atoms in total. The molecule has 176 valence electrons. The standard InChI is InChI=1S/C12H18N3O2.C6H3N3O7/c1-15(2,3)9-12(17)11(16)7-6-10-5-4-8-13-14-10;10-6-4(8(13)14)1-3(7(11)12)2-5(6)9(15)16/h4-8,12,17H,9H2,1-3H3;1-2,10H/q+1;/p-1/b7-6+;. The van der Waals surface area contributed by atoms with E-state index in [0.717, 1.165) is 0 Å². The number of non-ortho nitro benzene ring substituents is 1. The van der Waals surface area contributed by atoms with E-state index in [9.17, 15) is 45.4 Å². The molecule has 1 N–H and O–H groups in total. The zero-order valence-electron chi connectivity index (χ0n) is 17.7. The highest BCUT2D eigenvalue weighted by Gasteiger charge is 2.24. The molecule has 1 aromatic heterocycles. The molecule has 15 heteroatoms. The summed E-state index contributed by atoms with van der Waals surface area (Å²) in [7, 11) is 5.76. The molecule has 0 aliphatic rings. The van der Waals surface area contributed by atoms with Gasteiger partial charge in [-0.2, -0.15) is 10.2 Å². The van der Waals surface area contributed by atoms with Crippen molar-refractivity contribution in [2.75, 3.05) is 27.7 Å². The molecule has 0 spiro atoms.